The van der Waals surface area contributed by atoms with Crippen LogP contribution in [0.3, 0.4) is 0 Å². The van der Waals surface area contributed by atoms with Crippen molar-refractivity contribution in [1.29, 1.82) is 0 Å². The molecule has 1 aliphatic heterocycles. The lowest BCUT2D eigenvalue weighted by molar-refractivity contribution is -0.115. The summed E-state index contributed by atoms with van der Waals surface area (Å²) in [5.74, 6) is 0.534. The number of carbonyl (C=O) groups excluding carboxylic acids is 1. The van der Waals surface area contributed by atoms with Gasteiger partial charge in [0.1, 0.15) is 5.65 Å². The summed E-state index contributed by atoms with van der Waals surface area (Å²) in [6.45, 7) is 7.46. The molecule has 0 bridgehead atoms. The molecule has 26 heavy (non-hydrogen) atoms. The lowest BCUT2D eigenvalue weighted by atomic mass is 9.93. The molecule has 0 spiro atoms. The van der Waals surface area contributed by atoms with Crippen LogP contribution in [0.15, 0.2) is 49.6 Å². The van der Waals surface area contributed by atoms with E-state index in [1.165, 1.54) is 11.6 Å². The van der Waals surface area contributed by atoms with Crippen molar-refractivity contribution in [2.24, 2.45) is 5.92 Å². The van der Waals surface area contributed by atoms with Crippen LogP contribution in [0.1, 0.15) is 18.9 Å². The van der Waals surface area contributed by atoms with Crippen molar-refractivity contribution in [2.45, 2.75) is 19.8 Å². The van der Waals surface area contributed by atoms with Gasteiger partial charge in [-0.15, -0.1) is 0 Å². The molecule has 5 heteroatoms. The van der Waals surface area contributed by atoms with E-state index in [0.717, 1.165) is 47.4 Å². The van der Waals surface area contributed by atoms with Crippen LogP contribution in [0.25, 0.3) is 22.2 Å². The van der Waals surface area contributed by atoms with Crippen LogP contribution in [-0.4, -0.2) is 33.8 Å². The van der Waals surface area contributed by atoms with Gasteiger partial charge in [-0.1, -0.05) is 13.5 Å². The molecule has 0 saturated carbocycles. The Bertz CT molecular complexity index is 969. The third kappa shape index (κ3) is 3.01. The Hall–Kier alpha value is -2.95. The Labute approximate surface area is 152 Å². The molecule has 3 aromatic rings. The Morgan fingerprint density at radius 3 is 2.96 bits per heavy atom. The molecule has 1 N–H and O–H groups in total. The van der Waals surface area contributed by atoms with Crippen molar-refractivity contribution in [3.63, 3.8) is 0 Å². The highest BCUT2D eigenvalue weighted by molar-refractivity contribution is 5.95. The number of carbonyl (C=O) groups is 1. The maximum atomic E-state index is 11.5. The Morgan fingerprint density at radius 2 is 2.19 bits per heavy atom. The van der Waals surface area contributed by atoms with E-state index in [0.29, 0.717) is 12.3 Å². The van der Waals surface area contributed by atoms with Crippen molar-refractivity contribution in [1.82, 2.24) is 15.0 Å². The zero-order valence-corrected chi connectivity index (χ0v) is 14.9. The standard InChI is InChI=1S/C21H22N4O/c1-3-14-5-16(9-22-8-14)20-11-24-21-19(20)7-17(10-23-21)25-12-15(13-25)6-18(26)4-2/h4-5,7-11,15H,2-3,6,12-13H2,1H3,(H,23,24). The van der Waals surface area contributed by atoms with Crippen molar-refractivity contribution in [3.05, 3.63) is 55.1 Å². The van der Waals surface area contributed by atoms with Crippen molar-refractivity contribution < 1.29 is 4.79 Å². The number of fused-ring (bicyclic) bond motifs is 1. The second-order valence-electron chi connectivity index (χ2n) is 6.87. The van der Waals surface area contributed by atoms with Crippen LogP contribution in [0, 0.1) is 5.92 Å². The summed E-state index contributed by atoms with van der Waals surface area (Å²) in [7, 11) is 0. The van der Waals surface area contributed by atoms with Crippen LogP contribution in [0.2, 0.25) is 0 Å². The molecule has 4 heterocycles. The highest BCUT2D eigenvalue weighted by atomic mass is 16.1. The zero-order valence-electron chi connectivity index (χ0n) is 14.9. The van der Waals surface area contributed by atoms with E-state index in [9.17, 15) is 4.79 Å². The molecule has 0 unspecified atom stereocenters. The van der Waals surface area contributed by atoms with E-state index in [1.807, 2.05) is 24.8 Å². The van der Waals surface area contributed by atoms with Gasteiger partial charge in [0.15, 0.2) is 5.78 Å². The van der Waals surface area contributed by atoms with Crippen LogP contribution < -0.4 is 4.90 Å². The molecule has 0 aliphatic carbocycles. The molecule has 5 nitrogen and oxygen atoms in total. The fourth-order valence-corrected chi connectivity index (χ4v) is 3.51. The van der Waals surface area contributed by atoms with Gasteiger partial charge in [0, 0.05) is 60.5 Å². The van der Waals surface area contributed by atoms with Crippen LogP contribution in [0.5, 0.6) is 0 Å². The topological polar surface area (TPSA) is 61.9 Å². The van der Waals surface area contributed by atoms with Gasteiger partial charge in [-0.05, 0) is 30.2 Å². The fraction of sp³-hybridized carbons (Fsp3) is 0.286. The third-order valence-corrected chi connectivity index (χ3v) is 5.07. The largest absolute Gasteiger partial charge is 0.370 e. The number of allylic oxidation sites excluding steroid dienone is 1. The van der Waals surface area contributed by atoms with Gasteiger partial charge in [-0.25, -0.2) is 4.98 Å². The molecule has 0 atom stereocenters. The Kier molecular flexibility index (Phi) is 4.29. The molecule has 132 valence electrons. The van der Waals surface area contributed by atoms with Crippen LogP contribution in [0.4, 0.5) is 5.69 Å². The molecule has 3 aromatic heterocycles. The second kappa shape index (κ2) is 6.75. The Balaban J connectivity index is 1.59. The number of nitrogens with zero attached hydrogens (tertiary/aromatic N) is 3. The molecule has 1 aliphatic rings. The van der Waals surface area contributed by atoms with E-state index in [1.54, 1.807) is 0 Å². The summed E-state index contributed by atoms with van der Waals surface area (Å²) in [6, 6.07) is 4.36. The van der Waals surface area contributed by atoms with Gasteiger partial charge in [-0.3, -0.25) is 9.78 Å². The van der Waals surface area contributed by atoms with Crippen molar-refractivity contribution >= 4 is 22.5 Å². The molecular formula is C21H22N4O. The predicted octanol–water partition coefficient (Wildman–Crippen LogP) is 3.77. The number of rotatable bonds is 6. The number of aromatic nitrogens is 3. The summed E-state index contributed by atoms with van der Waals surface area (Å²) in [5, 5.41) is 1.10. The van der Waals surface area contributed by atoms with E-state index >= 15 is 0 Å². The summed E-state index contributed by atoms with van der Waals surface area (Å²) < 4.78 is 0. The lowest BCUT2D eigenvalue weighted by Gasteiger charge is -2.40. The first-order valence-electron chi connectivity index (χ1n) is 8.99. The molecule has 0 radical (unpaired) electrons. The third-order valence-electron chi connectivity index (χ3n) is 5.07. The van der Waals surface area contributed by atoms with Crippen molar-refractivity contribution in [3.8, 4) is 11.1 Å². The lowest BCUT2D eigenvalue weighted by Crippen LogP contribution is -2.47. The number of nitrogens with one attached hydrogen (secondary N) is 1. The second-order valence-corrected chi connectivity index (χ2v) is 6.87. The summed E-state index contributed by atoms with van der Waals surface area (Å²) >= 11 is 0. The molecule has 1 saturated heterocycles. The first-order chi connectivity index (χ1) is 12.7. The van der Waals surface area contributed by atoms with E-state index in [4.69, 9.17) is 0 Å². The number of hydrogen-bond donors (Lipinski definition) is 1. The molecule has 1 fully saturated rings. The summed E-state index contributed by atoms with van der Waals surface area (Å²) in [5.41, 5.74) is 5.42. The maximum absolute atomic E-state index is 11.5. The first kappa shape index (κ1) is 16.5. The average molecular weight is 346 g/mol. The average Bonchev–Trinajstić information content (AvgIpc) is 3.07. The van der Waals surface area contributed by atoms with Gasteiger partial charge >= 0.3 is 0 Å². The SMILES string of the molecule is C=CC(=O)CC1CN(c2cnc3[nH]cc(-c4cncc(CC)c4)c3c2)C1. The normalized spacial score (nSPS) is 14.4. The molecule has 4 rings (SSSR count). The van der Waals surface area contributed by atoms with Crippen LogP contribution >= 0.6 is 0 Å². The number of H-pyrrole nitrogens is 1. The molecular weight excluding hydrogens is 324 g/mol. The predicted molar refractivity (Wildman–Crippen MR) is 104 cm³/mol. The van der Waals surface area contributed by atoms with Crippen molar-refractivity contribution in [2.75, 3.05) is 18.0 Å². The van der Waals surface area contributed by atoms with Gasteiger partial charge < -0.3 is 9.88 Å². The minimum atomic E-state index is 0.124. The monoisotopic (exact) mass is 346 g/mol. The molecule has 0 aromatic carbocycles. The van der Waals surface area contributed by atoms with Gasteiger partial charge in [0.25, 0.3) is 0 Å². The van der Waals surface area contributed by atoms with Gasteiger partial charge in [0.05, 0.1) is 11.9 Å². The minimum absolute atomic E-state index is 0.124. The highest BCUT2D eigenvalue weighted by Crippen LogP contribution is 2.33. The number of ketones is 1. The minimum Gasteiger partial charge on any atom is -0.370 e. The zero-order chi connectivity index (χ0) is 18.1. The van der Waals surface area contributed by atoms with Gasteiger partial charge in [-0.2, -0.15) is 0 Å². The quantitative estimate of drug-likeness (QED) is 0.690. The fourth-order valence-electron chi connectivity index (χ4n) is 3.51. The number of aromatic amines is 1. The van der Waals surface area contributed by atoms with E-state index in [2.05, 4.69) is 45.5 Å². The summed E-state index contributed by atoms with van der Waals surface area (Å²) in [4.78, 5) is 26.0. The number of pyridine rings is 2. The van der Waals surface area contributed by atoms with E-state index in [-0.39, 0.29) is 5.78 Å². The van der Waals surface area contributed by atoms with Crippen LogP contribution in [-0.2, 0) is 11.2 Å². The highest BCUT2D eigenvalue weighted by Gasteiger charge is 2.28. The van der Waals surface area contributed by atoms with E-state index < -0.39 is 0 Å². The number of anilines is 1. The maximum Gasteiger partial charge on any atom is 0.155 e. The first-order valence-corrected chi connectivity index (χ1v) is 8.99. The molecule has 0 amide bonds. The summed E-state index contributed by atoms with van der Waals surface area (Å²) in [6.07, 6.45) is 10.7. The van der Waals surface area contributed by atoms with Gasteiger partial charge in [0.2, 0.25) is 0 Å². The Morgan fingerprint density at radius 1 is 1.35 bits per heavy atom. The number of hydrogen-bond acceptors (Lipinski definition) is 4. The number of aryl methyl sites for hydroxylation is 1. The smallest absolute Gasteiger partial charge is 0.155 e.